The van der Waals surface area contributed by atoms with E-state index >= 15 is 0 Å². The van der Waals surface area contributed by atoms with Crippen molar-refractivity contribution in [1.29, 1.82) is 0 Å². The molecule has 0 bridgehead atoms. The molecule has 1 aromatic carbocycles. The minimum absolute atomic E-state index is 0.0209. The molecule has 3 heterocycles. The second-order valence-corrected chi connectivity index (χ2v) is 8.59. The third-order valence-electron chi connectivity index (χ3n) is 6.65. The van der Waals surface area contributed by atoms with Crippen LogP contribution in [0.2, 0.25) is 0 Å². The number of aromatic hydroxyl groups is 1. The van der Waals surface area contributed by atoms with Crippen LogP contribution in [0.5, 0.6) is 5.75 Å². The molecule has 27 heavy (non-hydrogen) atoms. The van der Waals surface area contributed by atoms with Gasteiger partial charge in [0, 0.05) is 0 Å². The van der Waals surface area contributed by atoms with E-state index in [1.165, 1.54) is 0 Å². The maximum absolute atomic E-state index is 11.2. The van der Waals surface area contributed by atoms with E-state index in [0.717, 1.165) is 33.4 Å². The van der Waals surface area contributed by atoms with Gasteiger partial charge in [0.1, 0.15) is 24.1 Å². The number of ether oxygens (including phenoxy) is 3. The first-order chi connectivity index (χ1) is 12.8. The molecule has 6 atom stereocenters. The largest absolute Gasteiger partial charge is 0.507 e. The summed E-state index contributed by atoms with van der Waals surface area (Å²) in [5.41, 5.74) is 5.29. The fourth-order valence-electron chi connectivity index (χ4n) is 5.03. The van der Waals surface area contributed by atoms with Crippen LogP contribution in [0, 0.1) is 19.3 Å². The smallest absolute Gasteiger partial charge is 0.121 e. The molecule has 0 amide bonds. The van der Waals surface area contributed by atoms with Crippen LogP contribution in [0.15, 0.2) is 29.4 Å². The number of fused-ring (bicyclic) bond motifs is 5. The zero-order chi connectivity index (χ0) is 19.1. The Balaban J connectivity index is 1.74. The molecule has 3 saturated heterocycles. The highest BCUT2D eigenvalue weighted by Crippen LogP contribution is 2.57. The molecule has 144 valence electrons. The number of rotatable bonds is 1. The zero-order valence-corrected chi connectivity index (χ0v) is 16.2. The number of phenols is 1. The Kier molecular flexibility index (Phi) is 3.66. The summed E-state index contributed by atoms with van der Waals surface area (Å²) in [6.45, 7) is 8.99. The van der Waals surface area contributed by atoms with Crippen LogP contribution in [0.3, 0.4) is 0 Å². The van der Waals surface area contributed by atoms with Gasteiger partial charge in [-0.15, -0.1) is 0 Å². The van der Waals surface area contributed by atoms with E-state index in [1.807, 2.05) is 32.9 Å². The lowest BCUT2D eigenvalue weighted by Crippen LogP contribution is -2.45. The summed E-state index contributed by atoms with van der Waals surface area (Å²) in [5.74, 6) is 0.331. The van der Waals surface area contributed by atoms with E-state index in [1.54, 1.807) is 0 Å². The maximum atomic E-state index is 11.2. The number of hydrogen-bond donors (Lipinski definition) is 2. The predicted molar refractivity (Wildman–Crippen MR) is 101 cm³/mol. The van der Waals surface area contributed by atoms with Gasteiger partial charge in [-0.05, 0) is 66.3 Å². The molecule has 0 spiro atoms. The maximum Gasteiger partial charge on any atom is 0.121 e. The first-order valence-corrected chi connectivity index (χ1v) is 9.62. The molecule has 5 rings (SSSR count). The Morgan fingerprint density at radius 1 is 1.04 bits per heavy atom. The van der Waals surface area contributed by atoms with Crippen molar-refractivity contribution in [3.8, 4) is 5.75 Å². The number of epoxide rings is 2. The van der Waals surface area contributed by atoms with Gasteiger partial charge in [-0.3, -0.25) is 0 Å². The first-order valence-electron chi connectivity index (χ1n) is 9.62. The molecule has 4 aliphatic rings. The van der Waals surface area contributed by atoms with Crippen molar-refractivity contribution < 1.29 is 24.4 Å². The van der Waals surface area contributed by atoms with Gasteiger partial charge >= 0.3 is 0 Å². The van der Waals surface area contributed by atoms with Gasteiger partial charge < -0.3 is 24.4 Å². The van der Waals surface area contributed by atoms with Crippen LogP contribution in [0.25, 0.3) is 5.57 Å². The summed E-state index contributed by atoms with van der Waals surface area (Å²) >= 11 is 0. The summed E-state index contributed by atoms with van der Waals surface area (Å²) in [7, 11) is 0. The molecule has 1 aromatic rings. The summed E-state index contributed by atoms with van der Waals surface area (Å²) in [4.78, 5) is 0. The third-order valence-corrected chi connectivity index (χ3v) is 6.65. The number of aryl methyl sites for hydroxylation is 2. The molecule has 5 heteroatoms. The Hall–Kier alpha value is -1.66. The van der Waals surface area contributed by atoms with Crippen molar-refractivity contribution in [2.75, 3.05) is 13.2 Å². The highest BCUT2D eigenvalue weighted by molar-refractivity contribution is 5.82. The summed E-state index contributed by atoms with van der Waals surface area (Å²) in [6.07, 6.45) is 1.36. The molecule has 3 aliphatic heterocycles. The normalized spacial score (nSPS) is 40.0. The number of hydrogen-bond acceptors (Lipinski definition) is 5. The highest BCUT2D eigenvalue weighted by Gasteiger charge is 2.64. The number of allylic oxidation sites excluding steroid dienone is 2. The van der Waals surface area contributed by atoms with Crippen molar-refractivity contribution in [1.82, 2.24) is 0 Å². The van der Waals surface area contributed by atoms with E-state index in [-0.39, 0.29) is 24.4 Å². The number of benzene rings is 1. The standard InChI is InChI=1S/C22H26O5/c1-10-5-13(6-11(2)18(10)23)14-7-12(3)20(24)22(4)17(14)19-15(26-19)8-25-9-16-21(22)27-16/h5-7,15-16,19-21,23-24H,8-9H2,1-4H3. The summed E-state index contributed by atoms with van der Waals surface area (Å²) in [5, 5.41) is 21.4. The van der Waals surface area contributed by atoms with Crippen LogP contribution in [-0.2, 0) is 14.2 Å². The second-order valence-electron chi connectivity index (χ2n) is 8.59. The molecule has 0 saturated carbocycles. The third kappa shape index (κ3) is 2.46. The van der Waals surface area contributed by atoms with Crippen LogP contribution < -0.4 is 0 Å². The first kappa shape index (κ1) is 17.4. The van der Waals surface area contributed by atoms with Gasteiger partial charge in [0.15, 0.2) is 0 Å². The second kappa shape index (κ2) is 5.67. The van der Waals surface area contributed by atoms with Crippen LogP contribution in [0.1, 0.15) is 30.5 Å². The van der Waals surface area contributed by atoms with Crippen LogP contribution in [-0.4, -0.2) is 53.9 Å². The SMILES string of the molecule is CC1=CC(c2cc(C)c(O)c(C)c2)=C2C3OC3COCC3OC3C2(C)C1O. The van der Waals surface area contributed by atoms with Gasteiger partial charge in [0.2, 0.25) is 0 Å². The Labute approximate surface area is 159 Å². The topological polar surface area (TPSA) is 74.8 Å². The van der Waals surface area contributed by atoms with Crippen molar-refractivity contribution in [3.05, 3.63) is 46.0 Å². The molecule has 5 nitrogen and oxygen atoms in total. The monoisotopic (exact) mass is 370 g/mol. The van der Waals surface area contributed by atoms with Crippen molar-refractivity contribution in [3.63, 3.8) is 0 Å². The predicted octanol–water partition coefficient (Wildman–Crippen LogP) is 2.65. The zero-order valence-electron chi connectivity index (χ0n) is 16.2. The summed E-state index contributed by atoms with van der Waals surface area (Å²) < 4.78 is 17.7. The van der Waals surface area contributed by atoms with Gasteiger partial charge in [0.25, 0.3) is 0 Å². The van der Waals surface area contributed by atoms with E-state index in [2.05, 4.69) is 13.0 Å². The molecular formula is C22H26O5. The average molecular weight is 370 g/mol. The van der Waals surface area contributed by atoms with E-state index in [4.69, 9.17) is 14.2 Å². The lowest BCUT2D eigenvalue weighted by molar-refractivity contribution is 0.0633. The molecular weight excluding hydrogens is 344 g/mol. The van der Waals surface area contributed by atoms with E-state index < -0.39 is 11.5 Å². The fraction of sp³-hybridized carbons (Fsp3) is 0.545. The molecule has 3 fully saturated rings. The van der Waals surface area contributed by atoms with Crippen molar-refractivity contribution >= 4 is 5.57 Å². The van der Waals surface area contributed by atoms with Crippen LogP contribution >= 0.6 is 0 Å². The summed E-state index contributed by atoms with van der Waals surface area (Å²) in [6, 6.07) is 4.02. The Morgan fingerprint density at radius 3 is 2.41 bits per heavy atom. The lowest BCUT2D eigenvalue weighted by Gasteiger charge is -2.41. The number of aliphatic hydroxyl groups excluding tert-OH is 1. The van der Waals surface area contributed by atoms with Crippen molar-refractivity contribution in [2.45, 2.75) is 58.2 Å². The van der Waals surface area contributed by atoms with E-state index in [9.17, 15) is 10.2 Å². The molecule has 6 unspecified atom stereocenters. The van der Waals surface area contributed by atoms with Crippen LogP contribution in [0.4, 0.5) is 0 Å². The van der Waals surface area contributed by atoms with E-state index in [0.29, 0.717) is 19.0 Å². The Bertz CT molecular complexity index is 862. The fourth-order valence-corrected chi connectivity index (χ4v) is 5.03. The minimum Gasteiger partial charge on any atom is -0.507 e. The van der Waals surface area contributed by atoms with Gasteiger partial charge in [-0.2, -0.15) is 0 Å². The Morgan fingerprint density at radius 2 is 1.70 bits per heavy atom. The number of aliphatic hydroxyl groups is 1. The molecule has 1 aliphatic carbocycles. The lowest BCUT2D eigenvalue weighted by atomic mass is 9.64. The highest BCUT2D eigenvalue weighted by atomic mass is 16.6. The minimum atomic E-state index is -0.617. The van der Waals surface area contributed by atoms with Gasteiger partial charge in [-0.25, -0.2) is 0 Å². The molecule has 2 N–H and O–H groups in total. The quantitative estimate of drug-likeness (QED) is 0.744. The molecule has 0 radical (unpaired) electrons. The van der Waals surface area contributed by atoms with Crippen molar-refractivity contribution in [2.24, 2.45) is 5.41 Å². The number of phenolic OH excluding ortho intramolecular Hbond substituents is 1. The van der Waals surface area contributed by atoms with Gasteiger partial charge in [-0.1, -0.05) is 13.0 Å². The van der Waals surface area contributed by atoms with Gasteiger partial charge in [0.05, 0.1) is 30.8 Å². The average Bonchev–Trinajstić information content (AvgIpc) is 3.53. The molecule has 0 aromatic heterocycles.